The number of nitrogens with zero attached hydrogens (tertiary/aromatic N) is 6. The predicted octanol–water partition coefficient (Wildman–Crippen LogP) is 4.51. The first kappa shape index (κ1) is 20.6. The highest BCUT2D eigenvalue weighted by Crippen LogP contribution is 2.44. The van der Waals surface area contributed by atoms with Crippen LogP contribution in [0.4, 0.5) is 26.1 Å². The fourth-order valence-corrected chi connectivity index (χ4v) is 6.01. The Hall–Kier alpha value is -3.03. The molecule has 0 spiro atoms. The third-order valence-corrected chi connectivity index (χ3v) is 7.60. The van der Waals surface area contributed by atoms with E-state index >= 15 is 0 Å². The Balaban J connectivity index is 1.21. The molecule has 33 heavy (non-hydrogen) atoms. The smallest absolute Gasteiger partial charge is 0.228 e. The maximum Gasteiger partial charge on any atom is 0.228 e. The van der Waals surface area contributed by atoms with Crippen molar-refractivity contribution in [1.29, 1.82) is 0 Å². The summed E-state index contributed by atoms with van der Waals surface area (Å²) in [6.45, 7) is 5.70. The highest BCUT2D eigenvalue weighted by Gasteiger charge is 2.42. The van der Waals surface area contributed by atoms with Gasteiger partial charge in [0.15, 0.2) is 17.5 Å². The van der Waals surface area contributed by atoms with Gasteiger partial charge in [0.1, 0.15) is 0 Å². The summed E-state index contributed by atoms with van der Waals surface area (Å²) in [5, 5.41) is 4.82. The minimum Gasteiger partial charge on any atom is -0.371 e. The Morgan fingerprint density at radius 2 is 1.79 bits per heavy atom. The molecule has 2 aromatic heterocycles. The number of fused-ring (bicyclic) bond motifs is 3. The van der Waals surface area contributed by atoms with Crippen molar-refractivity contribution in [3.63, 3.8) is 0 Å². The van der Waals surface area contributed by atoms with Gasteiger partial charge in [-0.1, -0.05) is 0 Å². The van der Waals surface area contributed by atoms with Crippen LogP contribution < -0.4 is 9.80 Å². The number of aryl methyl sites for hydroxylation is 2. The van der Waals surface area contributed by atoms with Crippen LogP contribution in [0, 0.1) is 36.3 Å². The fourth-order valence-electron chi connectivity index (χ4n) is 6.01. The first-order valence-electron chi connectivity index (χ1n) is 11.9. The zero-order valence-electron chi connectivity index (χ0n) is 18.8. The van der Waals surface area contributed by atoms with Gasteiger partial charge in [-0.25, -0.2) is 13.5 Å². The van der Waals surface area contributed by atoms with Crippen LogP contribution in [0.1, 0.15) is 30.8 Å². The standard InChI is InChI=1S/C25H28F2N6/c1-16-11-19(7-8-28-16)31-14-17-3-4-18(15-31)21(17)13-24-29-25-32(9-2-10-33(25)30-24)20-5-6-22(26)23(27)12-20/h5-8,11-12,17-18,21H,2-4,9-10,13-15H2,1H3/t17-,18+,21?. The van der Waals surface area contributed by atoms with E-state index in [2.05, 4.69) is 22.0 Å². The molecule has 3 aromatic rings. The van der Waals surface area contributed by atoms with Gasteiger partial charge in [0, 0.05) is 61.9 Å². The number of rotatable bonds is 4. The summed E-state index contributed by atoms with van der Waals surface area (Å²) in [6.07, 6.45) is 6.18. The van der Waals surface area contributed by atoms with Gasteiger partial charge in [0.2, 0.25) is 5.95 Å². The van der Waals surface area contributed by atoms with Crippen molar-refractivity contribution in [2.75, 3.05) is 29.4 Å². The predicted molar refractivity (Wildman–Crippen MR) is 123 cm³/mol. The second-order valence-corrected chi connectivity index (χ2v) is 9.68. The van der Waals surface area contributed by atoms with Gasteiger partial charge in [-0.2, -0.15) is 10.1 Å². The molecule has 6 rings (SSSR count). The molecule has 1 unspecified atom stereocenters. The zero-order chi connectivity index (χ0) is 22.5. The van der Waals surface area contributed by atoms with Crippen molar-refractivity contribution in [1.82, 2.24) is 19.7 Å². The molecule has 1 aliphatic carbocycles. The van der Waals surface area contributed by atoms with Gasteiger partial charge < -0.3 is 9.80 Å². The number of hydrogen-bond donors (Lipinski definition) is 0. The van der Waals surface area contributed by atoms with E-state index in [0.29, 0.717) is 23.4 Å². The molecule has 3 atom stereocenters. The molecule has 3 aliphatic rings. The second kappa shape index (κ2) is 8.08. The lowest BCUT2D eigenvalue weighted by molar-refractivity contribution is 0.265. The molecule has 2 fully saturated rings. The van der Waals surface area contributed by atoms with Gasteiger partial charge in [0.05, 0.1) is 0 Å². The number of pyridine rings is 1. The lowest BCUT2D eigenvalue weighted by Crippen LogP contribution is -2.42. The molecule has 2 aliphatic heterocycles. The monoisotopic (exact) mass is 450 g/mol. The van der Waals surface area contributed by atoms with Crippen LogP contribution in [0.25, 0.3) is 0 Å². The molecule has 6 nitrogen and oxygen atoms in total. The number of piperidine rings is 1. The Labute approximate surface area is 192 Å². The second-order valence-electron chi connectivity index (χ2n) is 9.68. The van der Waals surface area contributed by atoms with Crippen molar-refractivity contribution in [3.05, 3.63) is 59.7 Å². The highest BCUT2D eigenvalue weighted by molar-refractivity contribution is 5.58. The molecule has 1 saturated heterocycles. The Kier molecular flexibility index (Phi) is 5.03. The summed E-state index contributed by atoms with van der Waals surface area (Å²) < 4.78 is 29.2. The molecule has 0 N–H and O–H groups in total. The first-order valence-corrected chi connectivity index (χ1v) is 11.9. The van der Waals surface area contributed by atoms with Crippen molar-refractivity contribution >= 4 is 17.3 Å². The SMILES string of the molecule is Cc1cc(N2C[C@H]3CC[C@@H](C2)C3Cc2nc3n(n2)CCCN3c2ccc(F)c(F)c2)ccn1. The van der Waals surface area contributed by atoms with Crippen LogP contribution in [-0.2, 0) is 13.0 Å². The molecule has 0 amide bonds. The maximum atomic E-state index is 13.8. The largest absolute Gasteiger partial charge is 0.371 e. The molecule has 8 heteroatoms. The quantitative estimate of drug-likeness (QED) is 0.586. The van der Waals surface area contributed by atoms with E-state index in [1.54, 1.807) is 6.07 Å². The van der Waals surface area contributed by atoms with Crippen LogP contribution in [0.5, 0.6) is 0 Å². The Bertz CT molecular complexity index is 1160. The normalized spacial score (nSPS) is 24.3. The van der Waals surface area contributed by atoms with Crippen molar-refractivity contribution in [2.45, 2.75) is 39.2 Å². The number of hydrogen-bond acceptors (Lipinski definition) is 5. The van der Waals surface area contributed by atoms with E-state index in [4.69, 9.17) is 10.1 Å². The molecule has 172 valence electrons. The van der Waals surface area contributed by atoms with Gasteiger partial charge in [-0.15, -0.1) is 0 Å². The van der Waals surface area contributed by atoms with Crippen molar-refractivity contribution in [3.8, 4) is 0 Å². The lowest BCUT2D eigenvalue weighted by atomic mass is 9.82. The van der Waals surface area contributed by atoms with E-state index in [9.17, 15) is 8.78 Å². The van der Waals surface area contributed by atoms with Gasteiger partial charge >= 0.3 is 0 Å². The minimum absolute atomic E-state index is 0.588. The molecule has 4 heterocycles. The van der Waals surface area contributed by atoms with E-state index in [1.807, 2.05) is 22.7 Å². The summed E-state index contributed by atoms with van der Waals surface area (Å²) >= 11 is 0. The van der Waals surface area contributed by atoms with Crippen LogP contribution in [0.2, 0.25) is 0 Å². The maximum absolute atomic E-state index is 13.8. The fraction of sp³-hybridized carbons (Fsp3) is 0.480. The molecule has 2 bridgehead atoms. The van der Waals surface area contributed by atoms with Gasteiger partial charge in [0.25, 0.3) is 0 Å². The molecule has 1 aromatic carbocycles. The van der Waals surface area contributed by atoms with Gasteiger partial charge in [-0.3, -0.25) is 4.98 Å². The Morgan fingerprint density at radius 3 is 2.55 bits per heavy atom. The summed E-state index contributed by atoms with van der Waals surface area (Å²) in [6, 6.07) is 8.33. The topological polar surface area (TPSA) is 50.1 Å². The third kappa shape index (κ3) is 3.75. The highest BCUT2D eigenvalue weighted by atomic mass is 19.2. The number of halogens is 2. The average Bonchev–Trinajstić information content (AvgIpc) is 3.31. The molecular formula is C25H28F2N6. The van der Waals surface area contributed by atoms with E-state index in [1.165, 1.54) is 30.7 Å². The van der Waals surface area contributed by atoms with Crippen LogP contribution in [-0.4, -0.2) is 39.4 Å². The number of benzene rings is 1. The molecular weight excluding hydrogens is 422 g/mol. The van der Waals surface area contributed by atoms with E-state index < -0.39 is 11.6 Å². The van der Waals surface area contributed by atoms with E-state index in [0.717, 1.165) is 56.5 Å². The summed E-state index contributed by atoms with van der Waals surface area (Å²) in [7, 11) is 0. The minimum atomic E-state index is -0.836. The summed E-state index contributed by atoms with van der Waals surface area (Å²) in [5.41, 5.74) is 2.95. The molecule has 1 saturated carbocycles. The number of aromatic nitrogens is 4. The van der Waals surface area contributed by atoms with Crippen LogP contribution in [0.3, 0.4) is 0 Å². The average molecular weight is 451 g/mol. The summed E-state index contributed by atoms with van der Waals surface area (Å²) in [5.74, 6) is 1.80. The summed E-state index contributed by atoms with van der Waals surface area (Å²) in [4.78, 5) is 13.7. The first-order chi connectivity index (χ1) is 16.0. The van der Waals surface area contributed by atoms with Crippen LogP contribution in [0.15, 0.2) is 36.5 Å². The Morgan fingerprint density at radius 1 is 0.970 bits per heavy atom. The van der Waals surface area contributed by atoms with Crippen molar-refractivity contribution in [2.24, 2.45) is 17.8 Å². The van der Waals surface area contributed by atoms with Gasteiger partial charge in [-0.05, 0) is 68.2 Å². The number of anilines is 3. The third-order valence-electron chi connectivity index (χ3n) is 7.60. The lowest BCUT2D eigenvalue weighted by Gasteiger charge is -2.39. The van der Waals surface area contributed by atoms with Crippen LogP contribution >= 0.6 is 0 Å². The van der Waals surface area contributed by atoms with E-state index in [-0.39, 0.29) is 0 Å². The zero-order valence-corrected chi connectivity index (χ0v) is 18.8. The molecule has 0 radical (unpaired) electrons. The van der Waals surface area contributed by atoms with Crippen molar-refractivity contribution < 1.29 is 8.78 Å².